The van der Waals surface area contributed by atoms with Crippen LogP contribution >= 0.6 is 11.6 Å². The average molecular weight is 199 g/mol. The van der Waals surface area contributed by atoms with Gasteiger partial charge in [0.2, 0.25) is 0 Å². The monoisotopic (exact) mass is 198 g/mol. The third-order valence-electron chi connectivity index (χ3n) is 1.55. The molecule has 0 aliphatic carbocycles. The van der Waals surface area contributed by atoms with Gasteiger partial charge in [-0.3, -0.25) is 0 Å². The highest BCUT2D eigenvalue weighted by atomic mass is 35.5. The Hall–Kier alpha value is -0.730. The maximum atomic E-state index is 5.74. The number of ether oxygens (including phenoxy) is 1. The molecule has 0 fully saturated rings. The van der Waals surface area contributed by atoms with Gasteiger partial charge in [0.1, 0.15) is 12.4 Å². The van der Waals surface area contributed by atoms with Crippen molar-refractivity contribution in [3.63, 3.8) is 0 Å². The molecular formula is C10H13ClNO. The summed E-state index contributed by atoms with van der Waals surface area (Å²) in [5.41, 5.74) is 0. The fraction of sp³-hybridized carbons (Fsp3) is 0.400. The highest BCUT2D eigenvalue weighted by molar-refractivity contribution is 6.30. The molecule has 1 aromatic rings. The first-order chi connectivity index (χ1) is 6.18. The van der Waals surface area contributed by atoms with Crippen LogP contribution in [-0.2, 0) is 0 Å². The molecule has 1 radical (unpaired) electrons. The Bertz CT molecular complexity index is 263. The van der Waals surface area contributed by atoms with Gasteiger partial charge in [0.05, 0.1) is 5.02 Å². The molecule has 0 saturated heterocycles. The normalized spacial score (nSPS) is 10.5. The van der Waals surface area contributed by atoms with E-state index in [1.54, 1.807) is 12.1 Å². The van der Waals surface area contributed by atoms with Gasteiger partial charge in [0.25, 0.3) is 0 Å². The van der Waals surface area contributed by atoms with Crippen LogP contribution in [0.2, 0.25) is 5.02 Å². The van der Waals surface area contributed by atoms with Gasteiger partial charge in [0, 0.05) is 12.6 Å². The predicted molar refractivity (Wildman–Crippen MR) is 54.3 cm³/mol. The van der Waals surface area contributed by atoms with E-state index >= 15 is 0 Å². The number of benzene rings is 1. The molecule has 13 heavy (non-hydrogen) atoms. The number of hydrogen-bond acceptors (Lipinski definition) is 2. The lowest BCUT2D eigenvalue weighted by molar-refractivity contribution is 0.261. The lowest BCUT2D eigenvalue weighted by Gasteiger charge is -2.10. The second-order valence-corrected chi connectivity index (χ2v) is 3.43. The molecule has 1 rings (SSSR count). The number of hydrogen-bond donors (Lipinski definition) is 0. The van der Waals surface area contributed by atoms with Crippen LogP contribution in [0.25, 0.3) is 0 Å². The summed E-state index contributed by atoms with van der Waals surface area (Å²) >= 11 is 5.74. The molecule has 0 heterocycles. The van der Waals surface area contributed by atoms with Crippen molar-refractivity contribution in [2.75, 3.05) is 27.2 Å². The van der Waals surface area contributed by atoms with Gasteiger partial charge < -0.3 is 9.64 Å². The van der Waals surface area contributed by atoms with E-state index in [-0.39, 0.29) is 0 Å². The van der Waals surface area contributed by atoms with Crippen molar-refractivity contribution in [3.8, 4) is 5.75 Å². The second-order valence-electron chi connectivity index (χ2n) is 3.02. The Morgan fingerprint density at radius 2 is 2.31 bits per heavy atom. The molecule has 71 valence electrons. The van der Waals surface area contributed by atoms with Crippen molar-refractivity contribution in [1.82, 2.24) is 4.90 Å². The van der Waals surface area contributed by atoms with Crippen LogP contribution < -0.4 is 4.74 Å². The summed E-state index contributed by atoms with van der Waals surface area (Å²) in [5.74, 6) is 0.797. The van der Waals surface area contributed by atoms with Crippen LogP contribution in [0.15, 0.2) is 18.2 Å². The lowest BCUT2D eigenvalue weighted by atomic mass is 10.3. The van der Waals surface area contributed by atoms with Crippen molar-refractivity contribution >= 4 is 11.6 Å². The first-order valence-corrected chi connectivity index (χ1v) is 4.51. The van der Waals surface area contributed by atoms with Gasteiger partial charge in [-0.1, -0.05) is 11.6 Å². The van der Waals surface area contributed by atoms with E-state index in [9.17, 15) is 0 Å². The molecule has 0 aliphatic heterocycles. The number of rotatable bonds is 4. The van der Waals surface area contributed by atoms with Crippen LogP contribution in [0.5, 0.6) is 5.75 Å². The standard InChI is InChI=1S/C10H13ClNO/c1-12(2)6-7-13-10-5-3-4-9(11)8-10/h3,5,8H,6-7H2,1-2H3. The molecule has 0 atom stereocenters. The molecule has 3 heteroatoms. The third-order valence-corrected chi connectivity index (χ3v) is 1.76. The summed E-state index contributed by atoms with van der Waals surface area (Å²) in [4.78, 5) is 2.07. The Labute approximate surface area is 84.1 Å². The van der Waals surface area contributed by atoms with Gasteiger partial charge >= 0.3 is 0 Å². The van der Waals surface area contributed by atoms with Crippen molar-refractivity contribution in [3.05, 3.63) is 29.3 Å². The van der Waals surface area contributed by atoms with E-state index in [0.29, 0.717) is 11.6 Å². The van der Waals surface area contributed by atoms with Crippen molar-refractivity contribution < 1.29 is 4.74 Å². The summed E-state index contributed by atoms with van der Waals surface area (Å²) in [5, 5.41) is 0.586. The van der Waals surface area contributed by atoms with Crippen LogP contribution in [0.3, 0.4) is 0 Å². The third kappa shape index (κ3) is 4.15. The van der Waals surface area contributed by atoms with Gasteiger partial charge in [-0.05, 0) is 32.3 Å². The molecule has 0 amide bonds. The SMILES string of the molecule is CN(C)CCOc1cc[c]c(Cl)c1. The van der Waals surface area contributed by atoms with E-state index in [2.05, 4.69) is 11.0 Å². The molecule has 0 aromatic heterocycles. The Morgan fingerprint density at radius 1 is 1.54 bits per heavy atom. The second kappa shape index (κ2) is 5.10. The maximum Gasteiger partial charge on any atom is 0.120 e. The predicted octanol–water partition coefficient (Wildman–Crippen LogP) is 2.08. The van der Waals surface area contributed by atoms with Gasteiger partial charge in [-0.2, -0.15) is 0 Å². The van der Waals surface area contributed by atoms with Gasteiger partial charge in [0.15, 0.2) is 0 Å². The summed E-state index contributed by atoms with van der Waals surface area (Å²) in [6.45, 7) is 1.57. The quantitative estimate of drug-likeness (QED) is 0.735. The van der Waals surface area contributed by atoms with Gasteiger partial charge in [-0.15, -0.1) is 0 Å². The van der Waals surface area contributed by atoms with Crippen LogP contribution in [-0.4, -0.2) is 32.1 Å². The largest absolute Gasteiger partial charge is 0.492 e. The highest BCUT2D eigenvalue weighted by Crippen LogP contribution is 2.16. The zero-order chi connectivity index (χ0) is 9.68. The zero-order valence-corrected chi connectivity index (χ0v) is 8.64. The first kappa shape index (κ1) is 10.4. The molecule has 0 N–H and O–H groups in total. The van der Waals surface area contributed by atoms with E-state index < -0.39 is 0 Å². The molecule has 0 spiro atoms. The summed E-state index contributed by atoms with van der Waals surface area (Å²) in [7, 11) is 4.02. The van der Waals surface area contributed by atoms with Crippen molar-refractivity contribution in [2.24, 2.45) is 0 Å². The van der Waals surface area contributed by atoms with Crippen molar-refractivity contribution in [1.29, 1.82) is 0 Å². The molecule has 1 aromatic carbocycles. The molecule has 0 aliphatic rings. The van der Waals surface area contributed by atoms with E-state index in [1.807, 2.05) is 20.2 Å². The summed E-state index contributed by atoms with van der Waals surface area (Å²) in [6.07, 6.45) is 0. The highest BCUT2D eigenvalue weighted by Gasteiger charge is 1.95. The first-order valence-electron chi connectivity index (χ1n) is 4.13. The van der Waals surface area contributed by atoms with Crippen LogP contribution in [0, 0.1) is 6.07 Å². The molecule has 0 bridgehead atoms. The van der Waals surface area contributed by atoms with E-state index in [1.165, 1.54) is 0 Å². The van der Waals surface area contributed by atoms with E-state index in [4.69, 9.17) is 16.3 Å². The minimum absolute atomic E-state index is 0.586. The zero-order valence-electron chi connectivity index (χ0n) is 7.88. The fourth-order valence-electron chi connectivity index (χ4n) is 0.854. The van der Waals surface area contributed by atoms with E-state index in [0.717, 1.165) is 12.3 Å². The molecular weight excluding hydrogens is 186 g/mol. The minimum Gasteiger partial charge on any atom is -0.492 e. The van der Waals surface area contributed by atoms with Crippen LogP contribution in [0.4, 0.5) is 0 Å². The number of nitrogens with zero attached hydrogens (tertiary/aromatic N) is 1. The Kier molecular flexibility index (Phi) is 4.06. The smallest absolute Gasteiger partial charge is 0.120 e. The maximum absolute atomic E-state index is 5.74. The minimum atomic E-state index is 0.586. The number of likely N-dealkylation sites (N-methyl/N-ethyl adjacent to an activating group) is 1. The van der Waals surface area contributed by atoms with Crippen molar-refractivity contribution in [2.45, 2.75) is 0 Å². The molecule has 2 nitrogen and oxygen atoms in total. The summed E-state index contributed by atoms with van der Waals surface area (Å²) < 4.78 is 5.45. The summed E-state index contributed by atoms with van der Waals surface area (Å²) in [6, 6.07) is 8.21. The fourth-order valence-corrected chi connectivity index (χ4v) is 1.02. The lowest BCUT2D eigenvalue weighted by Crippen LogP contribution is -2.19. The Morgan fingerprint density at radius 3 is 2.92 bits per heavy atom. The average Bonchev–Trinajstić information content (AvgIpc) is 2.03. The molecule has 0 unspecified atom stereocenters. The Balaban J connectivity index is 2.37. The number of halogens is 1. The van der Waals surface area contributed by atoms with Crippen LogP contribution in [0.1, 0.15) is 0 Å². The van der Waals surface area contributed by atoms with Gasteiger partial charge in [-0.25, -0.2) is 0 Å². The topological polar surface area (TPSA) is 12.5 Å². The molecule has 0 saturated carbocycles.